The van der Waals surface area contributed by atoms with Gasteiger partial charge in [0.15, 0.2) is 11.4 Å². The maximum Gasteiger partial charge on any atom is 0.333 e. The van der Waals surface area contributed by atoms with Gasteiger partial charge >= 0.3 is 6.03 Å². The monoisotopic (exact) mass is 570 g/mol. The van der Waals surface area contributed by atoms with Gasteiger partial charge in [-0.05, 0) is 50.6 Å². The van der Waals surface area contributed by atoms with Gasteiger partial charge in [0.2, 0.25) is 5.78 Å². The lowest BCUT2D eigenvalue weighted by molar-refractivity contribution is -0.153. The van der Waals surface area contributed by atoms with Gasteiger partial charge < -0.3 is 31.3 Å². The van der Waals surface area contributed by atoms with Crippen molar-refractivity contribution >= 4 is 40.6 Å². The van der Waals surface area contributed by atoms with Crippen molar-refractivity contribution < 1.29 is 34.5 Å². The van der Waals surface area contributed by atoms with Crippen molar-refractivity contribution in [1.82, 2.24) is 15.3 Å². The quantitative estimate of drug-likeness (QED) is 0.201. The van der Waals surface area contributed by atoms with Crippen LogP contribution in [0.5, 0.6) is 0 Å². The minimum Gasteiger partial charge on any atom is -0.508 e. The van der Waals surface area contributed by atoms with E-state index < -0.39 is 64.1 Å². The molecule has 0 bridgehead atoms. The van der Waals surface area contributed by atoms with Crippen molar-refractivity contribution in [1.29, 1.82) is 0 Å². The molecule has 1 saturated carbocycles. The fourth-order valence-corrected chi connectivity index (χ4v) is 6.38. The molecule has 0 radical (unpaired) electrons. The Morgan fingerprint density at radius 2 is 1.73 bits per heavy atom. The van der Waals surface area contributed by atoms with Crippen LogP contribution in [-0.2, 0) is 20.8 Å². The molecular weight excluding hydrogens is 532 g/mol. The Labute approximate surface area is 238 Å². The molecule has 4 atom stereocenters. The van der Waals surface area contributed by atoms with E-state index in [1.807, 2.05) is 32.8 Å². The zero-order valence-corrected chi connectivity index (χ0v) is 24.1. The number of amides is 3. The first kappa shape index (κ1) is 30.0. The van der Waals surface area contributed by atoms with Crippen molar-refractivity contribution in [3.8, 4) is 0 Å². The molecule has 0 aromatic heterocycles. The summed E-state index contributed by atoms with van der Waals surface area (Å²) in [6.45, 7) is 4.98. The molecule has 3 aliphatic rings. The fraction of sp³-hybridized carbons (Fsp3) is 0.500. The summed E-state index contributed by atoms with van der Waals surface area (Å²) in [5, 5.41) is 38.7. The molecule has 13 heteroatoms. The second-order valence-electron chi connectivity index (χ2n) is 11.1. The molecule has 4 rings (SSSR count). The van der Waals surface area contributed by atoms with Gasteiger partial charge in [0.1, 0.15) is 17.1 Å². The average Bonchev–Trinajstić information content (AvgIpc) is 2.89. The first-order valence-corrected chi connectivity index (χ1v) is 13.5. The van der Waals surface area contributed by atoms with Crippen LogP contribution in [0, 0.1) is 11.8 Å². The highest BCUT2D eigenvalue weighted by molar-refractivity contribution is 6.24. The molecule has 0 spiro atoms. The maximum absolute atomic E-state index is 14.0. The molecule has 7 N–H and O–H groups in total. The van der Waals surface area contributed by atoms with Crippen LogP contribution in [0.3, 0.4) is 0 Å². The molecule has 1 aromatic carbocycles. The number of carbonyl (C=O) groups excluding carboxylic acids is 4. The molecule has 3 aliphatic carbocycles. The fourth-order valence-electron chi connectivity index (χ4n) is 6.38. The number of aliphatic hydroxyl groups is 3. The molecule has 1 aromatic rings. The standard InChI is InChI=1S/C28H38N6O7/c1-7-34(8-2)31-27(40)30-14-11-16-15(18(12-14)32(3)4)9-13-10-17-21(33(5)6)23(36)20(26(29)39)25(38)28(17,41)24(37)19(13)22(16)35/h11-13,17,21,35,38,41H,7-10H2,1-6H3,(H2,29,39)(H2,30,31,40)/t13?,17?,21-,28-/m0/s1. The van der Waals surface area contributed by atoms with Gasteiger partial charge in [-0.25, -0.2) is 9.80 Å². The van der Waals surface area contributed by atoms with Gasteiger partial charge in [0, 0.05) is 55.6 Å². The number of anilines is 2. The lowest BCUT2D eigenvalue weighted by Gasteiger charge is -2.50. The summed E-state index contributed by atoms with van der Waals surface area (Å²) in [6, 6.07) is 1.71. The molecule has 3 amide bonds. The Balaban J connectivity index is 1.86. The Hall–Kier alpha value is -3.94. The zero-order chi connectivity index (χ0) is 30.5. The van der Waals surface area contributed by atoms with Gasteiger partial charge in [-0.2, -0.15) is 0 Å². The summed E-state index contributed by atoms with van der Waals surface area (Å²) >= 11 is 0. The number of hydrogen-bond acceptors (Lipinski definition) is 10. The number of hydrazine groups is 1. The molecule has 222 valence electrons. The predicted molar refractivity (Wildman–Crippen MR) is 152 cm³/mol. The molecular formula is C28H38N6O7. The molecule has 1 fully saturated rings. The van der Waals surface area contributed by atoms with Gasteiger partial charge in [-0.15, -0.1) is 0 Å². The van der Waals surface area contributed by atoms with Crippen LogP contribution >= 0.6 is 0 Å². The number of nitrogens with zero attached hydrogens (tertiary/aromatic N) is 3. The summed E-state index contributed by atoms with van der Waals surface area (Å²) in [4.78, 5) is 55.3. The SMILES string of the molecule is CCN(CC)NC(=O)Nc1cc2c(c(N(C)C)c1)CC1CC3[C@H](N(C)C)C(=O)C(C(N)=O)=C(O)[C@@]3(O)C(=O)C1=C2O. The maximum atomic E-state index is 14.0. The van der Waals surface area contributed by atoms with Crippen LogP contribution in [-0.4, -0.2) is 102 Å². The van der Waals surface area contributed by atoms with E-state index in [9.17, 15) is 34.5 Å². The van der Waals surface area contributed by atoms with E-state index >= 15 is 0 Å². The minimum absolute atomic E-state index is 0.0604. The number of benzene rings is 1. The van der Waals surface area contributed by atoms with Crippen molar-refractivity contribution in [3.63, 3.8) is 0 Å². The summed E-state index contributed by atoms with van der Waals surface area (Å²) in [6.07, 6.45) is 0.346. The molecule has 41 heavy (non-hydrogen) atoms. The molecule has 0 aliphatic heterocycles. The third-order valence-electron chi connectivity index (χ3n) is 8.32. The second kappa shape index (κ2) is 10.8. The zero-order valence-electron chi connectivity index (χ0n) is 24.1. The van der Waals surface area contributed by atoms with E-state index in [0.717, 1.165) is 5.56 Å². The highest BCUT2D eigenvalue weighted by atomic mass is 16.3. The number of nitrogens with two attached hydrogens (primary N) is 1. The summed E-state index contributed by atoms with van der Waals surface area (Å²) in [5.41, 5.74) is 6.58. The normalized spacial score (nSPS) is 25.6. The van der Waals surface area contributed by atoms with Crippen molar-refractivity contribution in [2.75, 3.05) is 51.5 Å². The smallest absolute Gasteiger partial charge is 0.333 e. The van der Waals surface area contributed by atoms with Gasteiger partial charge in [-0.1, -0.05) is 13.8 Å². The number of fused-ring (bicyclic) bond motifs is 3. The van der Waals surface area contributed by atoms with Crippen molar-refractivity contribution in [2.45, 2.75) is 38.3 Å². The Kier molecular flexibility index (Phi) is 7.91. The lowest BCUT2D eigenvalue weighted by Crippen LogP contribution is -2.65. The van der Waals surface area contributed by atoms with E-state index in [1.165, 1.54) is 4.90 Å². The number of carbonyl (C=O) groups is 4. The van der Waals surface area contributed by atoms with Gasteiger partial charge in [-0.3, -0.25) is 24.7 Å². The summed E-state index contributed by atoms with van der Waals surface area (Å²) < 4.78 is 0. The topological polar surface area (TPSA) is 189 Å². The number of urea groups is 1. The number of hydrogen-bond donors (Lipinski definition) is 6. The van der Waals surface area contributed by atoms with E-state index in [4.69, 9.17) is 5.73 Å². The molecule has 13 nitrogen and oxygen atoms in total. The van der Waals surface area contributed by atoms with Crippen molar-refractivity contribution in [2.24, 2.45) is 17.6 Å². The van der Waals surface area contributed by atoms with Gasteiger partial charge in [0.25, 0.3) is 5.91 Å². The second-order valence-corrected chi connectivity index (χ2v) is 11.1. The Morgan fingerprint density at radius 3 is 2.27 bits per heavy atom. The minimum atomic E-state index is -2.64. The number of primary amides is 1. The van der Waals surface area contributed by atoms with Crippen LogP contribution in [0.15, 0.2) is 29.0 Å². The van der Waals surface area contributed by atoms with Crippen molar-refractivity contribution in [3.05, 3.63) is 40.2 Å². The number of aliphatic hydroxyl groups excluding tert-OH is 2. The third kappa shape index (κ3) is 4.73. The highest BCUT2D eigenvalue weighted by Gasteiger charge is 2.64. The molecule has 0 saturated heterocycles. The van der Waals surface area contributed by atoms with Crippen LogP contribution in [0.4, 0.5) is 16.2 Å². The number of likely N-dealkylation sites (N-methyl/N-ethyl adjacent to an activating group) is 1. The predicted octanol–water partition coefficient (Wildman–Crippen LogP) is 0.703. The average molecular weight is 571 g/mol. The number of Topliss-reactive ketones (excluding diaryl/α,β-unsaturated/α-hetero) is 2. The van der Waals surface area contributed by atoms with Crippen LogP contribution in [0.1, 0.15) is 31.4 Å². The third-order valence-corrected chi connectivity index (χ3v) is 8.32. The van der Waals surface area contributed by atoms with Gasteiger partial charge in [0.05, 0.1) is 6.04 Å². The first-order valence-electron chi connectivity index (χ1n) is 13.5. The van der Waals surface area contributed by atoms with Crippen LogP contribution < -0.4 is 21.4 Å². The van der Waals surface area contributed by atoms with E-state index in [1.54, 1.807) is 31.2 Å². The van der Waals surface area contributed by atoms with E-state index in [2.05, 4.69) is 10.7 Å². The van der Waals surface area contributed by atoms with E-state index in [-0.39, 0.29) is 24.0 Å². The van der Waals surface area contributed by atoms with Crippen LogP contribution in [0.25, 0.3) is 5.76 Å². The molecule has 2 unspecified atom stereocenters. The largest absolute Gasteiger partial charge is 0.508 e. The first-order chi connectivity index (χ1) is 19.2. The summed E-state index contributed by atoms with van der Waals surface area (Å²) in [7, 11) is 6.77. The highest BCUT2D eigenvalue weighted by Crippen LogP contribution is 2.52. The van der Waals surface area contributed by atoms with E-state index in [0.29, 0.717) is 24.5 Å². The number of ketones is 2. The summed E-state index contributed by atoms with van der Waals surface area (Å²) in [5.74, 6) is -6.23. The Bertz CT molecular complexity index is 1380. The van der Waals surface area contributed by atoms with Crippen LogP contribution in [0.2, 0.25) is 0 Å². The Morgan fingerprint density at radius 1 is 1.10 bits per heavy atom. The number of rotatable bonds is 7. The lowest BCUT2D eigenvalue weighted by atomic mass is 9.57. The number of nitrogens with one attached hydrogen (secondary N) is 2. The molecule has 0 heterocycles.